The Morgan fingerprint density at radius 1 is 1.53 bits per heavy atom. The zero-order chi connectivity index (χ0) is 13.8. The van der Waals surface area contributed by atoms with Crippen LogP contribution < -0.4 is 20.7 Å². The van der Waals surface area contributed by atoms with Crippen LogP contribution in [0.2, 0.25) is 0 Å². The molecule has 0 aromatic heterocycles. The van der Waals surface area contributed by atoms with E-state index in [1.165, 1.54) is 0 Å². The van der Waals surface area contributed by atoms with Gasteiger partial charge in [0.25, 0.3) is 5.91 Å². The van der Waals surface area contributed by atoms with Crippen LogP contribution in [0.3, 0.4) is 0 Å². The van der Waals surface area contributed by atoms with Gasteiger partial charge in [0.05, 0.1) is 23.7 Å². The predicted molar refractivity (Wildman–Crippen MR) is 74.7 cm³/mol. The fraction of sp³-hybridized carbons (Fsp3) is 0.462. The Morgan fingerprint density at radius 3 is 3.00 bits per heavy atom. The molecule has 0 atom stereocenters. The second kappa shape index (κ2) is 5.79. The van der Waals surface area contributed by atoms with Gasteiger partial charge >= 0.3 is 0 Å². The van der Waals surface area contributed by atoms with Gasteiger partial charge in [-0.2, -0.15) is 0 Å². The summed E-state index contributed by atoms with van der Waals surface area (Å²) in [7, 11) is 1.66. The quantitative estimate of drug-likeness (QED) is 0.779. The third-order valence-corrected chi connectivity index (χ3v) is 3.05. The topological polar surface area (TPSA) is 76.8 Å². The normalized spacial score (nSPS) is 13.5. The third kappa shape index (κ3) is 2.90. The van der Waals surface area contributed by atoms with Crippen molar-refractivity contribution in [3.05, 3.63) is 12.1 Å². The van der Waals surface area contributed by atoms with Gasteiger partial charge in [0.15, 0.2) is 6.61 Å². The number of anilines is 3. The monoisotopic (exact) mass is 265 g/mol. The van der Waals surface area contributed by atoms with Gasteiger partial charge in [0.2, 0.25) is 0 Å². The number of methoxy groups -OCH3 is 1. The van der Waals surface area contributed by atoms with Gasteiger partial charge in [0.1, 0.15) is 5.75 Å². The number of amides is 1. The van der Waals surface area contributed by atoms with Crippen molar-refractivity contribution in [2.45, 2.75) is 6.92 Å². The Morgan fingerprint density at radius 2 is 2.32 bits per heavy atom. The Bertz CT molecular complexity index is 476. The highest BCUT2D eigenvalue weighted by Gasteiger charge is 2.19. The Labute approximate surface area is 112 Å². The molecule has 1 aliphatic heterocycles. The summed E-state index contributed by atoms with van der Waals surface area (Å²) in [6, 6.07) is 3.60. The lowest BCUT2D eigenvalue weighted by Crippen LogP contribution is -2.29. The van der Waals surface area contributed by atoms with E-state index in [0.717, 1.165) is 18.8 Å². The smallest absolute Gasteiger partial charge is 0.262 e. The van der Waals surface area contributed by atoms with Crippen LogP contribution in [0, 0.1) is 0 Å². The summed E-state index contributed by atoms with van der Waals surface area (Å²) in [6.45, 7) is 4.25. The van der Waals surface area contributed by atoms with Crippen molar-refractivity contribution < 1.29 is 14.3 Å². The standard InChI is InChI=1S/C13H19N3O3/c1-3-16(4-5-18-2)11-7-10-12(6-9(11)14)19-8-13(17)15-10/h6-7H,3-5,8,14H2,1-2H3,(H,15,17). The van der Waals surface area contributed by atoms with E-state index >= 15 is 0 Å². The van der Waals surface area contributed by atoms with Crippen LogP contribution in [0.1, 0.15) is 6.92 Å². The molecule has 0 saturated carbocycles. The number of ether oxygens (including phenoxy) is 2. The molecule has 1 aliphatic rings. The van der Waals surface area contributed by atoms with Gasteiger partial charge in [-0.3, -0.25) is 4.79 Å². The number of nitrogens with zero attached hydrogens (tertiary/aromatic N) is 1. The fourth-order valence-corrected chi connectivity index (χ4v) is 2.06. The minimum atomic E-state index is -0.150. The number of carbonyl (C=O) groups excluding carboxylic acids is 1. The lowest BCUT2D eigenvalue weighted by molar-refractivity contribution is -0.118. The van der Waals surface area contributed by atoms with Crippen LogP contribution in [-0.2, 0) is 9.53 Å². The van der Waals surface area contributed by atoms with E-state index in [-0.39, 0.29) is 12.5 Å². The van der Waals surface area contributed by atoms with Crippen molar-refractivity contribution in [2.75, 3.05) is 49.4 Å². The molecule has 0 bridgehead atoms. The molecular formula is C13H19N3O3. The molecule has 6 nitrogen and oxygen atoms in total. The molecule has 0 radical (unpaired) electrons. The average molecular weight is 265 g/mol. The molecule has 1 amide bonds. The number of nitrogen functional groups attached to an aromatic ring is 1. The molecule has 1 aromatic carbocycles. The maximum atomic E-state index is 11.3. The zero-order valence-electron chi connectivity index (χ0n) is 11.2. The van der Waals surface area contributed by atoms with Crippen molar-refractivity contribution in [3.8, 4) is 5.75 Å². The van der Waals surface area contributed by atoms with Crippen LogP contribution >= 0.6 is 0 Å². The molecule has 0 aliphatic carbocycles. The number of carbonyl (C=O) groups is 1. The van der Waals surface area contributed by atoms with Crippen molar-refractivity contribution in [3.63, 3.8) is 0 Å². The van der Waals surface area contributed by atoms with Crippen molar-refractivity contribution in [1.29, 1.82) is 0 Å². The van der Waals surface area contributed by atoms with Crippen LogP contribution in [0.4, 0.5) is 17.1 Å². The van der Waals surface area contributed by atoms with Gasteiger partial charge in [-0.1, -0.05) is 0 Å². The summed E-state index contributed by atoms with van der Waals surface area (Å²) in [5.41, 5.74) is 8.23. The Hall–Kier alpha value is -1.95. The molecule has 6 heteroatoms. The molecule has 1 aromatic rings. The minimum Gasteiger partial charge on any atom is -0.482 e. The summed E-state index contributed by atoms with van der Waals surface area (Å²) >= 11 is 0. The lowest BCUT2D eigenvalue weighted by Gasteiger charge is -2.27. The predicted octanol–water partition coefficient (Wildman–Crippen LogP) is 1.07. The first-order valence-corrected chi connectivity index (χ1v) is 6.25. The first-order chi connectivity index (χ1) is 9.15. The molecule has 1 heterocycles. The number of fused-ring (bicyclic) bond motifs is 1. The molecule has 0 unspecified atom stereocenters. The molecule has 19 heavy (non-hydrogen) atoms. The summed E-state index contributed by atoms with van der Waals surface area (Å²) in [6.07, 6.45) is 0. The molecular weight excluding hydrogens is 246 g/mol. The number of nitrogens with one attached hydrogen (secondary N) is 1. The van der Waals surface area contributed by atoms with Crippen LogP contribution in [0.15, 0.2) is 12.1 Å². The maximum absolute atomic E-state index is 11.3. The van der Waals surface area contributed by atoms with E-state index in [4.69, 9.17) is 15.2 Å². The van der Waals surface area contributed by atoms with Gasteiger partial charge in [-0.25, -0.2) is 0 Å². The summed E-state index contributed by atoms with van der Waals surface area (Å²) < 4.78 is 10.4. The van der Waals surface area contributed by atoms with Gasteiger partial charge < -0.3 is 25.4 Å². The number of nitrogens with two attached hydrogens (primary N) is 1. The summed E-state index contributed by atoms with van der Waals surface area (Å²) in [5.74, 6) is 0.465. The van der Waals surface area contributed by atoms with E-state index in [1.807, 2.05) is 13.0 Å². The molecule has 104 valence electrons. The zero-order valence-corrected chi connectivity index (χ0v) is 11.2. The molecule has 3 N–H and O–H groups in total. The highest BCUT2D eigenvalue weighted by Crippen LogP contribution is 2.36. The first-order valence-electron chi connectivity index (χ1n) is 6.25. The van der Waals surface area contributed by atoms with E-state index in [2.05, 4.69) is 10.2 Å². The molecule has 0 spiro atoms. The van der Waals surface area contributed by atoms with E-state index in [9.17, 15) is 4.79 Å². The number of hydrogen-bond acceptors (Lipinski definition) is 5. The van der Waals surface area contributed by atoms with Gasteiger partial charge in [-0.15, -0.1) is 0 Å². The van der Waals surface area contributed by atoms with Crippen LogP contribution in [0.5, 0.6) is 5.75 Å². The van der Waals surface area contributed by atoms with Gasteiger partial charge in [-0.05, 0) is 13.0 Å². The van der Waals surface area contributed by atoms with E-state index in [1.54, 1.807) is 13.2 Å². The fourth-order valence-electron chi connectivity index (χ4n) is 2.06. The third-order valence-electron chi connectivity index (χ3n) is 3.05. The molecule has 0 saturated heterocycles. The van der Waals surface area contributed by atoms with Gasteiger partial charge in [0, 0.05) is 26.3 Å². The second-order valence-electron chi connectivity index (χ2n) is 4.32. The van der Waals surface area contributed by atoms with Crippen molar-refractivity contribution in [1.82, 2.24) is 0 Å². The lowest BCUT2D eigenvalue weighted by atomic mass is 10.2. The van der Waals surface area contributed by atoms with Crippen molar-refractivity contribution in [2.24, 2.45) is 0 Å². The van der Waals surface area contributed by atoms with E-state index in [0.29, 0.717) is 23.7 Å². The maximum Gasteiger partial charge on any atom is 0.262 e. The number of likely N-dealkylation sites (N-methyl/N-ethyl adjacent to an activating group) is 1. The largest absolute Gasteiger partial charge is 0.482 e. The minimum absolute atomic E-state index is 0.0347. The molecule has 2 rings (SSSR count). The summed E-state index contributed by atoms with van der Waals surface area (Å²) in [5, 5.41) is 2.79. The second-order valence-corrected chi connectivity index (χ2v) is 4.32. The van der Waals surface area contributed by atoms with E-state index < -0.39 is 0 Å². The number of rotatable bonds is 5. The first kappa shape index (κ1) is 13.5. The Kier molecular flexibility index (Phi) is 4.11. The van der Waals surface area contributed by atoms with Crippen molar-refractivity contribution >= 4 is 23.0 Å². The SMILES string of the molecule is CCN(CCOC)c1cc2c(cc1N)OCC(=O)N2. The highest BCUT2D eigenvalue weighted by molar-refractivity contribution is 5.97. The summed E-state index contributed by atoms with van der Waals surface area (Å²) in [4.78, 5) is 13.4. The molecule has 0 fully saturated rings. The van der Waals surface area contributed by atoms with Crippen LogP contribution in [0.25, 0.3) is 0 Å². The highest BCUT2D eigenvalue weighted by atomic mass is 16.5. The Balaban J connectivity index is 2.29. The number of benzene rings is 1. The van der Waals surface area contributed by atoms with Crippen LogP contribution in [-0.4, -0.2) is 39.3 Å². The average Bonchev–Trinajstić information content (AvgIpc) is 2.40. The number of hydrogen-bond donors (Lipinski definition) is 2.